The molecular formula is C19H28N4O6S. The van der Waals surface area contributed by atoms with E-state index >= 15 is 0 Å². The van der Waals surface area contributed by atoms with Gasteiger partial charge in [-0.15, -0.1) is 0 Å². The lowest BCUT2D eigenvalue weighted by molar-refractivity contribution is -0.134. The Kier molecular flexibility index (Phi) is 6.24. The maximum absolute atomic E-state index is 13.3. The molecule has 3 aliphatic rings. The van der Waals surface area contributed by atoms with Crippen LogP contribution in [0.1, 0.15) is 50.1 Å². The minimum absolute atomic E-state index is 0.0233. The first kappa shape index (κ1) is 21.4. The van der Waals surface area contributed by atoms with Gasteiger partial charge < -0.3 is 9.47 Å². The highest BCUT2D eigenvalue weighted by Crippen LogP contribution is 2.36. The Morgan fingerprint density at radius 2 is 1.90 bits per heavy atom. The molecule has 30 heavy (non-hydrogen) atoms. The Balaban J connectivity index is 1.39. The molecular weight excluding hydrogens is 412 g/mol. The van der Waals surface area contributed by atoms with Gasteiger partial charge in [0.1, 0.15) is 0 Å². The monoisotopic (exact) mass is 440 g/mol. The SMILES string of the molecule is O=C(NO)C1(S(=O)(=O)N2CCC(c3cnc(OCC4CC4)cn3)CC2)CCOCC1. The van der Waals surface area contributed by atoms with Crippen molar-refractivity contribution in [1.82, 2.24) is 19.8 Å². The second-order valence-electron chi connectivity index (χ2n) is 8.26. The summed E-state index contributed by atoms with van der Waals surface area (Å²) in [5.41, 5.74) is 2.37. The molecule has 3 fully saturated rings. The minimum atomic E-state index is -3.95. The van der Waals surface area contributed by atoms with Crippen LogP contribution >= 0.6 is 0 Å². The minimum Gasteiger partial charge on any atom is -0.476 e. The summed E-state index contributed by atoms with van der Waals surface area (Å²) in [4.78, 5) is 21.1. The van der Waals surface area contributed by atoms with E-state index in [9.17, 15) is 13.2 Å². The Morgan fingerprint density at radius 1 is 1.20 bits per heavy atom. The molecule has 11 heteroatoms. The Morgan fingerprint density at radius 3 is 2.47 bits per heavy atom. The summed E-state index contributed by atoms with van der Waals surface area (Å²) in [5, 5.41) is 9.15. The van der Waals surface area contributed by atoms with Crippen molar-refractivity contribution in [2.24, 2.45) is 5.92 Å². The van der Waals surface area contributed by atoms with Crippen LogP contribution in [0.15, 0.2) is 12.4 Å². The predicted molar refractivity (Wildman–Crippen MR) is 105 cm³/mol. The molecule has 2 saturated heterocycles. The molecule has 1 aliphatic carbocycles. The highest BCUT2D eigenvalue weighted by Gasteiger charge is 2.54. The number of hydroxylamine groups is 1. The third-order valence-corrected chi connectivity index (χ3v) is 8.96. The maximum atomic E-state index is 13.3. The van der Waals surface area contributed by atoms with Crippen molar-refractivity contribution < 1.29 is 27.9 Å². The lowest BCUT2D eigenvalue weighted by atomic mass is 9.95. The van der Waals surface area contributed by atoms with E-state index in [1.54, 1.807) is 17.9 Å². The van der Waals surface area contributed by atoms with Crippen molar-refractivity contribution in [3.63, 3.8) is 0 Å². The van der Waals surface area contributed by atoms with E-state index in [0.29, 0.717) is 31.2 Å². The number of carbonyl (C=O) groups is 1. The lowest BCUT2D eigenvalue weighted by Gasteiger charge is -2.40. The number of piperidine rings is 1. The van der Waals surface area contributed by atoms with Gasteiger partial charge in [0.05, 0.1) is 24.7 Å². The highest BCUT2D eigenvalue weighted by molar-refractivity contribution is 7.91. The van der Waals surface area contributed by atoms with Crippen LogP contribution in [0.3, 0.4) is 0 Å². The summed E-state index contributed by atoms with van der Waals surface area (Å²) in [5.74, 6) is 0.367. The van der Waals surface area contributed by atoms with Crippen LogP contribution in [0, 0.1) is 5.92 Å². The summed E-state index contributed by atoms with van der Waals surface area (Å²) >= 11 is 0. The van der Waals surface area contributed by atoms with Crippen molar-refractivity contribution in [3.05, 3.63) is 18.1 Å². The van der Waals surface area contributed by atoms with Crippen molar-refractivity contribution in [2.45, 2.75) is 49.2 Å². The maximum Gasteiger partial charge on any atom is 0.266 e. The number of hydrogen-bond acceptors (Lipinski definition) is 8. The molecule has 1 saturated carbocycles. The molecule has 0 unspecified atom stereocenters. The Bertz CT molecular complexity index is 844. The van der Waals surface area contributed by atoms with E-state index in [0.717, 1.165) is 5.69 Å². The van der Waals surface area contributed by atoms with Crippen LogP contribution < -0.4 is 10.2 Å². The quantitative estimate of drug-likeness (QED) is 0.471. The average molecular weight is 441 g/mol. The number of ether oxygens (including phenoxy) is 2. The fraction of sp³-hybridized carbons (Fsp3) is 0.737. The number of sulfonamides is 1. The van der Waals surface area contributed by atoms with E-state index in [-0.39, 0.29) is 45.1 Å². The summed E-state index contributed by atoms with van der Waals surface area (Å²) in [6, 6.07) is 0. The zero-order valence-electron chi connectivity index (χ0n) is 16.8. The van der Waals surface area contributed by atoms with Gasteiger partial charge in [0.2, 0.25) is 15.9 Å². The van der Waals surface area contributed by atoms with Gasteiger partial charge in [-0.3, -0.25) is 15.0 Å². The number of aromatic nitrogens is 2. The highest BCUT2D eigenvalue weighted by atomic mass is 32.2. The van der Waals surface area contributed by atoms with Gasteiger partial charge in [-0.2, -0.15) is 0 Å². The van der Waals surface area contributed by atoms with E-state index in [4.69, 9.17) is 14.7 Å². The standard InChI is InChI=1S/C19H28N4O6S/c24-18(22-25)19(5-9-28-10-6-19)30(26,27)23-7-3-15(4-8-23)16-11-21-17(12-20-16)29-13-14-1-2-14/h11-12,14-15,25H,1-10,13H2,(H,22,24). The van der Waals surface area contributed by atoms with Gasteiger partial charge in [0, 0.05) is 45.1 Å². The Hall–Kier alpha value is -1.82. The van der Waals surface area contributed by atoms with Gasteiger partial charge in [0.25, 0.3) is 5.91 Å². The molecule has 1 amide bonds. The summed E-state index contributed by atoms with van der Waals surface area (Å²) in [7, 11) is -3.95. The summed E-state index contributed by atoms with van der Waals surface area (Å²) in [6.07, 6.45) is 6.97. The topological polar surface area (TPSA) is 131 Å². The van der Waals surface area contributed by atoms with Crippen molar-refractivity contribution >= 4 is 15.9 Å². The third-order valence-electron chi connectivity index (χ3n) is 6.33. The summed E-state index contributed by atoms with van der Waals surface area (Å²) < 4.78 is 37.2. The van der Waals surface area contributed by atoms with Gasteiger partial charge in [0.15, 0.2) is 4.75 Å². The first-order valence-electron chi connectivity index (χ1n) is 10.4. The van der Waals surface area contributed by atoms with Crippen LogP contribution in [0.5, 0.6) is 5.88 Å². The third kappa shape index (κ3) is 4.16. The largest absolute Gasteiger partial charge is 0.476 e. The molecule has 166 valence electrons. The smallest absolute Gasteiger partial charge is 0.266 e. The summed E-state index contributed by atoms with van der Waals surface area (Å²) in [6.45, 7) is 1.58. The molecule has 0 radical (unpaired) electrons. The first-order valence-corrected chi connectivity index (χ1v) is 11.9. The molecule has 1 aromatic rings. The number of rotatable bonds is 7. The molecule has 0 atom stereocenters. The Labute approximate surface area is 176 Å². The van der Waals surface area contributed by atoms with Gasteiger partial charge >= 0.3 is 0 Å². The first-order chi connectivity index (χ1) is 14.5. The fourth-order valence-corrected chi connectivity index (χ4v) is 6.29. The average Bonchev–Trinajstić information content (AvgIpc) is 3.62. The number of hydrogen-bond donors (Lipinski definition) is 2. The van der Waals surface area contributed by atoms with E-state index < -0.39 is 20.7 Å². The van der Waals surface area contributed by atoms with Gasteiger partial charge in [-0.25, -0.2) is 23.2 Å². The predicted octanol–water partition coefficient (Wildman–Crippen LogP) is 0.829. The van der Waals surface area contributed by atoms with Crippen molar-refractivity contribution in [2.75, 3.05) is 32.9 Å². The number of nitrogens with zero attached hydrogens (tertiary/aromatic N) is 3. The van der Waals surface area contributed by atoms with Crippen LogP contribution in [0.2, 0.25) is 0 Å². The van der Waals surface area contributed by atoms with Crippen molar-refractivity contribution in [1.29, 1.82) is 0 Å². The number of carbonyl (C=O) groups excluding carboxylic acids is 1. The lowest BCUT2D eigenvalue weighted by Crippen LogP contribution is -2.60. The van der Waals surface area contributed by atoms with Crippen LogP contribution in [-0.2, 0) is 19.6 Å². The molecule has 0 bridgehead atoms. The zero-order valence-corrected chi connectivity index (χ0v) is 17.6. The van der Waals surface area contributed by atoms with Gasteiger partial charge in [-0.1, -0.05) is 0 Å². The van der Waals surface area contributed by atoms with E-state index in [2.05, 4.69) is 9.97 Å². The molecule has 10 nitrogen and oxygen atoms in total. The number of nitrogens with one attached hydrogen (secondary N) is 1. The van der Waals surface area contributed by atoms with Crippen LogP contribution in [0.4, 0.5) is 0 Å². The zero-order chi connectivity index (χ0) is 21.2. The molecule has 0 spiro atoms. The van der Waals surface area contributed by atoms with Gasteiger partial charge in [-0.05, 0) is 31.6 Å². The molecule has 4 rings (SSSR count). The molecule has 2 N–H and O–H groups in total. The van der Waals surface area contributed by atoms with Crippen molar-refractivity contribution in [3.8, 4) is 5.88 Å². The molecule has 0 aromatic carbocycles. The number of amides is 1. The fourth-order valence-electron chi connectivity index (χ4n) is 4.14. The van der Waals surface area contributed by atoms with Crippen LogP contribution in [0.25, 0.3) is 0 Å². The van der Waals surface area contributed by atoms with Crippen LogP contribution in [-0.4, -0.2) is 71.5 Å². The molecule has 3 heterocycles. The molecule has 2 aliphatic heterocycles. The van der Waals surface area contributed by atoms with E-state index in [1.807, 2.05) is 0 Å². The second kappa shape index (κ2) is 8.74. The second-order valence-corrected chi connectivity index (χ2v) is 10.5. The van der Waals surface area contributed by atoms with E-state index in [1.165, 1.54) is 17.1 Å². The normalized spacial score (nSPS) is 23.1. The molecule has 1 aromatic heterocycles.